The van der Waals surface area contributed by atoms with Gasteiger partial charge in [0.15, 0.2) is 0 Å². The standard InChI is InChI=1S/C12H13Cl3N2O2/c1-2-19-5-3-4-16-12(18)17-11-7-9(14)8(13)6-10(11)15/h2,6-7H,1,3-5H2,(H2,16,17,18). The molecule has 0 aliphatic carbocycles. The average molecular weight is 324 g/mol. The van der Waals surface area contributed by atoms with Crippen LogP contribution in [0.5, 0.6) is 0 Å². The topological polar surface area (TPSA) is 50.4 Å². The predicted octanol–water partition coefficient (Wildman–Crippen LogP) is 4.32. The molecule has 4 nitrogen and oxygen atoms in total. The Labute approximate surface area is 126 Å². The Morgan fingerprint density at radius 2 is 1.95 bits per heavy atom. The molecule has 0 saturated carbocycles. The van der Waals surface area contributed by atoms with Crippen molar-refractivity contribution in [1.82, 2.24) is 5.32 Å². The summed E-state index contributed by atoms with van der Waals surface area (Å²) in [5.74, 6) is 0. The fraction of sp³-hybridized carbons (Fsp3) is 0.250. The van der Waals surface area contributed by atoms with Gasteiger partial charge in [0.1, 0.15) is 0 Å². The molecule has 1 aromatic carbocycles. The second kappa shape index (κ2) is 8.15. The summed E-state index contributed by atoms with van der Waals surface area (Å²) in [5, 5.41) is 6.21. The highest BCUT2D eigenvalue weighted by atomic mass is 35.5. The monoisotopic (exact) mass is 322 g/mol. The van der Waals surface area contributed by atoms with Crippen LogP contribution in [0.4, 0.5) is 10.5 Å². The third kappa shape index (κ3) is 5.59. The molecule has 1 rings (SSSR count). The van der Waals surface area contributed by atoms with E-state index in [0.29, 0.717) is 40.3 Å². The zero-order valence-electron chi connectivity index (χ0n) is 10.0. The lowest BCUT2D eigenvalue weighted by atomic mass is 10.3. The number of hydrogen-bond donors (Lipinski definition) is 2. The van der Waals surface area contributed by atoms with Gasteiger partial charge in [0.05, 0.1) is 33.6 Å². The molecule has 0 fully saturated rings. The number of urea groups is 1. The second-order valence-electron chi connectivity index (χ2n) is 3.52. The van der Waals surface area contributed by atoms with Gasteiger partial charge in [0.2, 0.25) is 0 Å². The first kappa shape index (κ1) is 16.0. The van der Waals surface area contributed by atoms with Crippen LogP contribution in [0.15, 0.2) is 25.0 Å². The van der Waals surface area contributed by atoms with Gasteiger partial charge >= 0.3 is 6.03 Å². The molecular formula is C12H13Cl3N2O2. The van der Waals surface area contributed by atoms with Gasteiger partial charge in [-0.2, -0.15) is 0 Å². The largest absolute Gasteiger partial charge is 0.502 e. The number of halogens is 3. The van der Waals surface area contributed by atoms with Crippen molar-refractivity contribution in [2.24, 2.45) is 0 Å². The molecule has 7 heteroatoms. The molecule has 0 heterocycles. The number of carbonyl (C=O) groups excluding carboxylic acids is 1. The maximum absolute atomic E-state index is 11.6. The van der Waals surface area contributed by atoms with Crippen molar-refractivity contribution >= 4 is 46.5 Å². The number of carbonyl (C=O) groups is 1. The Hall–Kier alpha value is -1.10. The highest BCUT2D eigenvalue weighted by molar-refractivity contribution is 6.44. The number of amides is 2. The van der Waals surface area contributed by atoms with Crippen LogP contribution in [0.1, 0.15) is 6.42 Å². The smallest absolute Gasteiger partial charge is 0.319 e. The summed E-state index contributed by atoms with van der Waals surface area (Å²) < 4.78 is 4.92. The molecule has 0 aliphatic rings. The molecule has 0 unspecified atom stereocenters. The van der Waals surface area contributed by atoms with E-state index < -0.39 is 0 Å². The summed E-state index contributed by atoms with van der Waals surface area (Å²) in [7, 11) is 0. The summed E-state index contributed by atoms with van der Waals surface area (Å²) in [4.78, 5) is 11.6. The normalized spacial score (nSPS) is 9.84. The molecule has 19 heavy (non-hydrogen) atoms. The summed E-state index contributed by atoms with van der Waals surface area (Å²) in [6, 6.07) is 2.59. The molecule has 2 N–H and O–H groups in total. The molecule has 2 amide bonds. The number of anilines is 1. The van der Waals surface area contributed by atoms with Crippen LogP contribution in [0.25, 0.3) is 0 Å². The van der Waals surface area contributed by atoms with E-state index in [0.717, 1.165) is 0 Å². The molecule has 0 saturated heterocycles. The summed E-state index contributed by atoms with van der Waals surface area (Å²) >= 11 is 17.6. The molecule has 1 aromatic rings. The summed E-state index contributed by atoms with van der Waals surface area (Å²) in [6.45, 7) is 4.38. The lowest BCUT2D eigenvalue weighted by molar-refractivity contribution is 0.238. The van der Waals surface area contributed by atoms with E-state index in [4.69, 9.17) is 39.5 Å². The van der Waals surface area contributed by atoms with Gasteiger partial charge in [-0.1, -0.05) is 41.4 Å². The first-order chi connectivity index (χ1) is 9.04. The first-order valence-electron chi connectivity index (χ1n) is 5.46. The zero-order chi connectivity index (χ0) is 14.3. The molecule has 0 aliphatic heterocycles. The molecular weight excluding hydrogens is 311 g/mol. The van der Waals surface area contributed by atoms with Crippen molar-refractivity contribution < 1.29 is 9.53 Å². The number of rotatable bonds is 6. The maximum atomic E-state index is 11.6. The van der Waals surface area contributed by atoms with Crippen molar-refractivity contribution in [3.8, 4) is 0 Å². The quantitative estimate of drug-likeness (QED) is 0.465. The molecule has 0 bridgehead atoms. The first-order valence-corrected chi connectivity index (χ1v) is 6.60. The van der Waals surface area contributed by atoms with Crippen LogP contribution in [-0.2, 0) is 4.74 Å². The minimum absolute atomic E-state index is 0.319. The van der Waals surface area contributed by atoms with E-state index in [1.54, 1.807) is 0 Å². The Bertz CT molecular complexity index is 467. The van der Waals surface area contributed by atoms with Crippen molar-refractivity contribution in [3.05, 3.63) is 40.0 Å². The van der Waals surface area contributed by atoms with Crippen LogP contribution >= 0.6 is 34.8 Å². The van der Waals surface area contributed by atoms with Gasteiger partial charge in [-0.3, -0.25) is 0 Å². The zero-order valence-corrected chi connectivity index (χ0v) is 12.3. The SMILES string of the molecule is C=COCCCNC(=O)Nc1cc(Cl)c(Cl)cc1Cl. The van der Waals surface area contributed by atoms with Crippen molar-refractivity contribution in [3.63, 3.8) is 0 Å². The molecule has 0 atom stereocenters. The minimum atomic E-state index is -0.376. The van der Waals surface area contributed by atoms with Gasteiger partial charge in [-0.05, 0) is 18.6 Å². The summed E-state index contributed by atoms with van der Waals surface area (Å²) in [6.07, 6.45) is 2.03. The Balaban J connectivity index is 2.44. The predicted molar refractivity (Wildman–Crippen MR) is 79.3 cm³/mol. The Morgan fingerprint density at radius 1 is 1.26 bits per heavy atom. The number of ether oxygens (including phenoxy) is 1. The van der Waals surface area contributed by atoms with Gasteiger partial charge in [-0.15, -0.1) is 0 Å². The number of benzene rings is 1. The van der Waals surface area contributed by atoms with E-state index in [1.807, 2.05) is 0 Å². The molecule has 0 aromatic heterocycles. The van der Waals surface area contributed by atoms with Crippen LogP contribution in [0, 0.1) is 0 Å². The van der Waals surface area contributed by atoms with Crippen molar-refractivity contribution in [1.29, 1.82) is 0 Å². The maximum Gasteiger partial charge on any atom is 0.319 e. The Morgan fingerprint density at radius 3 is 2.63 bits per heavy atom. The molecule has 104 valence electrons. The van der Waals surface area contributed by atoms with E-state index in [-0.39, 0.29) is 6.03 Å². The lowest BCUT2D eigenvalue weighted by Crippen LogP contribution is -2.30. The third-order valence-electron chi connectivity index (χ3n) is 2.10. The van der Waals surface area contributed by atoms with E-state index in [2.05, 4.69) is 17.2 Å². The average Bonchev–Trinajstić information content (AvgIpc) is 2.35. The number of nitrogens with one attached hydrogen (secondary N) is 2. The summed E-state index contributed by atoms with van der Waals surface area (Å²) in [5.41, 5.74) is 0.399. The Kier molecular flexibility index (Phi) is 6.84. The fourth-order valence-electron chi connectivity index (χ4n) is 1.23. The third-order valence-corrected chi connectivity index (χ3v) is 3.14. The van der Waals surface area contributed by atoms with E-state index in [9.17, 15) is 4.79 Å². The van der Waals surface area contributed by atoms with Crippen LogP contribution in [0.2, 0.25) is 15.1 Å². The van der Waals surface area contributed by atoms with Crippen LogP contribution in [-0.4, -0.2) is 19.2 Å². The highest BCUT2D eigenvalue weighted by Gasteiger charge is 2.08. The lowest BCUT2D eigenvalue weighted by Gasteiger charge is -2.10. The van der Waals surface area contributed by atoms with E-state index in [1.165, 1.54) is 18.4 Å². The van der Waals surface area contributed by atoms with Gasteiger partial charge < -0.3 is 15.4 Å². The van der Waals surface area contributed by atoms with Gasteiger partial charge in [0, 0.05) is 6.54 Å². The van der Waals surface area contributed by atoms with Crippen molar-refractivity contribution in [2.75, 3.05) is 18.5 Å². The van der Waals surface area contributed by atoms with Crippen LogP contribution < -0.4 is 10.6 Å². The van der Waals surface area contributed by atoms with Crippen molar-refractivity contribution in [2.45, 2.75) is 6.42 Å². The van der Waals surface area contributed by atoms with E-state index >= 15 is 0 Å². The highest BCUT2D eigenvalue weighted by Crippen LogP contribution is 2.32. The molecule has 0 radical (unpaired) electrons. The number of hydrogen-bond acceptors (Lipinski definition) is 2. The van der Waals surface area contributed by atoms with Gasteiger partial charge in [0.25, 0.3) is 0 Å². The van der Waals surface area contributed by atoms with Crippen LogP contribution in [0.3, 0.4) is 0 Å². The minimum Gasteiger partial charge on any atom is -0.502 e. The van der Waals surface area contributed by atoms with Gasteiger partial charge in [-0.25, -0.2) is 4.79 Å². The second-order valence-corrected chi connectivity index (χ2v) is 4.74. The molecule has 0 spiro atoms. The fourth-order valence-corrected chi connectivity index (χ4v) is 1.82.